The number of nitrogens with one attached hydrogen (secondary N) is 1. The Bertz CT molecular complexity index is 580. The van der Waals surface area contributed by atoms with Crippen molar-refractivity contribution < 1.29 is 9.84 Å². The van der Waals surface area contributed by atoms with Crippen LogP contribution in [0.1, 0.15) is 12.8 Å². The smallest absolute Gasteiger partial charge is 0.163 e. The summed E-state index contributed by atoms with van der Waals surface area (Å²) in [4.78, 5) is 8.52. The molecule has 0 radical (unpaired) electrons. The van der Waals surface area contributed by atoms with E-state index in [-0.39, 0.29) is 5.75 Å². The van der Waals surface area contributed by atoms with Crippen molar-refractivity contribution in [2.75, 3.05) is 19.7 Å². The number of aromatic nitrogens is 2. The molecule has 1 aliphatic heterocycles. The Morgan fingerprint density at radius 2 is 2.05 bits per heavy atom. The van der Waals surface area contributed by atoms with Crippen molar-refractivity contribution >= 4 is 0 Å². The van der Waals surface area contributed by atoms with Gasteiger partial charge in [-0.05, 0) is 31.5 Å². The number of rotatable bonds is 4. The number of hydrogen-bond acceptors (Lipinski definition) is 5. The van der Waals surface area contributed by atoms with E-state index in [1.165, 1.54) is 12.8 Å². The summed E-state index contributed by atoms with van der Waals surface area (Å²) in [5.74, 6) is 1.90. The van der Waals surface area contributed by atoms with E-state index < -0.39 is 0 Å². The van der Waals surface area contributed by atoms with Crippen molar-refractivity contribution in [2.45, 2.75) is 12.8 Å². The second-order valence-electron chi connectivity index (χ2n) is 5.28. The van der Waals surface area contributed by atoms with Gasteiger partial charge in [0.1, 0.15) is 5.75 Å². The van der Waals surface area contributed by atoms with Crippen LogP contribution in [-0.2, 0) is 0 Å². The first-order valence-electron chi connectivity index (χ1n) is 7.27. The summed E-state index contributed by atoms with van der Waals surface area (Å²) in [6.07, 6.45) is 5.72. The van der Waals surface area contributed by atoms with Crippen LogP contribution in [0.25, 0.3) is 11.4 Å². The summed E-state index contributed by atoms with van der Waals surface area (Å²) in [5.41, 5.74) is 0.625. The van der Waals surface area contributed by atoms with Gasteiger partial charge in [-0.25, -0.2) is 9.97 Å². The zero-order valence-corrected chi connectivity index (χ0v) is 11.8. The Morgan fingerprint density at radius 3 is 2.76 bits per heavy atom. The maximum absolute atomic E-state index is 9.79. The number of phenolic OH excluding ortho intramolecular Hbond substituents is 1. The molecule has 1 aromatic carbocycles. The predicted molar refractivity (Wildman–Crippen MR) is 80.2 cm³/mol. The molecule has 0 aliphatic carbocycles. The lowest BCUT2D eigenvalue weighted by atomic mass is 10.0. The van der Waals surface area contributed by atoms with Crippen LogP contribution in [-0.4, -0.2) is 34.8 Å². The molecule has 110 valence electrons. The van der Waals surface area contributed by atoms with Crippen molar-refractivity contribution in [1.29, 1.82) is 0 Å². The number of benzene rings is 1. The summed E-state index contributed by atoms with van der Waals surface area (Å²) in [6, 6.07) is 7.03. The molecule has 1 saturated heterocycles. The SMILES string of the molecule is Oc1ccccc1-c1ncc(OCC2CCCNC2)cn1. The molecule has 1 aliphatic rings. The van der Waals surface area contributed by atoms with E-state index in [2.05, 4.69) is 15.3 Å². The first kappa shape index (κ1) is 13.8. The van der Waals surface area contributed by atoms with Crippen molar-refractivity contribution in [3.05, 3.63) is 36.7 Å². The predicted octanol–water partition coefficient (Wildman–Crippen LogP) is 2.23. The van der Waals surface area contributed by atoms with Crippen LogP contribution >= 0.6 is 0 Å². The van der Waals surface area contributed by atoms with E-state index in [4.69, 9.17) is 4.74 Å². The summed E-state index contributed by atoms with van der Waals surface area (Å²) < 4.78 is 5.74. The van der Waals surface area contributed by atoms with Crippen molar-refractivity contribution in [3.63, 3.8) is 0 Å². The van der Waals surface area contributed by atoms with Crippen LogP contribution < -0.4 is 10.1 Å². The van der Waals surface area contributed by atoms with E-state index in [0.717, 1.165) is 13.1 Å². The maximum Gasteiger partial charge on any atom is 0.163 e. The lowest BCUT2D eigenvalue weighted by Crippen LogP contribution is -2.33. The third-order valence-corrected chi connectivity index (χ3v) is 3.66. The fraction of sp³-hybridized carbons (Fsp3) is 0.375. The van der Waals surface area contributed by atoms with Gasteiger partial charge in [0.2, 0.25) is 0 Å². The van der Waals surface area contributed by atoms with Gasteiger partial charge in [0.25, 0.3) is 0 Å². The van der Waals surface area contributed by atoms with Gasteiger partial charge in [-0.2, -0.15) is 0 Å². The molecule has 5 heteroatoms. The highest BCUT2D eigenvalue weighted by Crippen LogP contribution is 2.26. The quantitative estimate of drug-likeness (QED) is 0.901. The van der Waals surface area contributed by atoms with Crippen LogP contribution in [0, 0.1) is 5.92 Å². The third-order valence-electron chi connectivity index (χ3n) is 3.66. The molecule has 1 fully saturated rings. The Balaban J connectivity index is 1.63. The number of hydrogen-bond donors (Lipinski definition) is 2. The van der Waals surface area contributed by atoms with E-state index in [9.17, 15) is 5.11 Å². The highest BCUT2D eigenvalue weighted by atomic mass is 16.5. The van der Waals surface area contributed by atoms with E-state index in [1.54, 1.807) is 30.6 Å². The average Bonchev–Trinajstić information content (AvgIpc) is 2.55. The summed E-state index contributed by atoms with van der Waals surface area (Å²) in [6.45, 7) is 2.80. The fourth-order valence-corrected chi connectivity index (χ4v) is 2.47. The van der Waals surface area contributed by atoms with Crippen LogP contribution in [0.5, 0.6) is 11.5 Å². The minimum atomic E-state index is 0.180. The Morgan fingerprint density at radius 1 is 1.24 bits per heavy atom. The Labute approximate surface area is 124 Å². The van der Waals surface area contributed by atoms with Gasteiger partial charge in [0, 0.05) is 12.5 Å². The highest BCUT2D eigenvalue weighted by Gasteiger charge is 2.14. The molecular formula is C16H19N3O2. The lowest BCUT2D eigenvalue weighted by Gasteiger charge is -2.22. The number of phenols is 1. The minimum Gasteiger partial charge on any atom is -0.507 e. The molecule has 21 heavy (non-hydrogen) atoms. The third kappa shape index (κ3) is 3.49. The molecule has 2 N–H and O–H groups in total. The summed E-state index contributed by atoms with van der Waals surface area (Å²) in [7, 11) is 0. The molecule has 2 heterocycles. The standard InChI is InChI=1S/C16H19N3O2/c20-15-6-2-1-5-14(15)16-18-9-13(10-19-16)21-11-12-4-3-7-17-8-12/h1-2,5-6,9-10,12,17,20H,3-4,7-8,11H2. The van der Waals surface area contributed by atoms with E-state index >= 15 is 0 Å². The maximum atomic E-state index is 9.79. The van der Waals surface area contributed by atoms with Gasteiger partial charge in [0.05, 0.1) is 24.6 Å². The molecule has 5 nitrogen and oxygen atoms in total. The lowest BCUT2D eigenvalue weighted by molar-refractivity contribution is 0.217. The largest absolute Gasteiger partial charge is 0.507 e. The van der Waals surface area contributed by atoms with Crippen molar-refractivity contribution in [2.24, 2.45) is 5.92 Å². The van der Waals surface area contributed by atoms with E-state index in [0.29, 0.717) is 29.7 Å². The van der Waals surface area contributed by atoms with Gasteiger partial charge in [0.15, 0.2) is 11.6 Å². The number of ether oxygens (including phenoxy) is 1. The summed E-state index contributed by atoms with van der Waals surface area (Å²) >= 11 is 0. The van der Waals surface area contributed by atoms with Gasteiger partial charge in [-0.15, -0.1) is 0 Å². The molecule has 0 saturated carbocycles. The Hall–Kier alpha value is -2.14. The first-order valence-corrected chi connectivity index (χ1v) is 7.27. The fourth-order valence-electron chi connectivity index (χ4n) is 2.47. The van der Waals surface area contributed by atoms with Crippen LogP contribution in [0.3, 0.4) is 0 Å². The molecular weight excluding hydrogens is 266 g/mol. The Kier molecular flexibility index (Phi) is 4.31. The molecule has 0 bridgehead atoms. The van der Waals surface area contributed by atoms with Crippen LogP contribution in [0.4, 0.5) is 0 Å². The van der Waals surface area contributed by atoms with Crippen molar-refractivity contribution in [3.8, 4) is 22.9 Å². The number of nitrogens with zero attached hydrogens (tertiary/aromatic N) is 2. The number of piperidine rings is 1. The second-order valence-corrected chi connectivity index (χ2v) is 5.28. The van der Waals surface area contributed by atoms with Gasteiger partial charge in [-0.3, -0.25) is 0 Å². The molecule has 1 unspecified atom stereocenters. The van der Waals surface area contributed by atoms with Gasteiger partial charge in [-0.1, -0.05) is 12.1 Å². The van der Waals surface area contributed by atoms with Crippen LogP contribution in [0.15, 0.2) is 36.7 Å². The zero-order valence-electron chi connectivity index (χ0n) is 11.8. The molecule has 3 rings (SSSR count). The molecule has 1 atom stereocenters. The average molecular weight is 285 g/mol. The highest BCUT2D eigenvalue weighted by molar-refractivity contribution is 5.63. The normalized spacial score (nSPS) is 18.4. The monoisotopic (exact) mass is 285 g/mol. The second kappa shape index (κ2) is 6.54. The van der Waals surface area contributed by atoms with E-state index in [1.807, 2.05) is 6.07 Å². The minimum absolute atomic E-state index is 0.180. The van der Waals surface area contributed by atoms with Crippen molar-refractivity contribution in [1.82, 2.24) is 15.3 Å². The topological polar surface area (TPSA) is 67.3 Å². The molecule has 0 spiro atoms. The van der Waals surface area contributed by atoms with Gasteiger partial charge >= 0.3 is 0 Å². The zero-order chi connectivity index (χ0) is 14.5. The van der Waals surface area contributed by atoms with Gasteiger partial charge < -0.3 is 15.2 Å². The molecule has 0 amide bonds. The number of aromatic hydroxyl groups is 1. The molecule has 2 aromatic rings. The number of para-hydroxylation sites is 1. The first-order chi connectivity index (χ1) is 10.3. The molecule has 1 aromatic heterocycles. The summed E-state index contributed by atoms with van der Waals surface area (Å²) in [5, 5.41) is 13.2. The van der Waals surface area contributed by atoms with Crippen LogP contribution in [0.2, 0.25) is 0 Å².